The van der Waals surface area contributed by atoms with Gasteiger partial charge in [0, 0.05) is 11.4 Å². The van der Waals surface area contributed by atoms with Crippen LogP contribution in [0.2, 0.25) is 0 Å². The highest BCUT2D eigenvalue weighted by Gasteiger charge is 2.16. The predicted molar refractivity (Wildman–Crippen MR) is 116 cm³/mol. The smallest absolute Gasteiger partial charge is 0.311 e. The quantitative estimate of drug-likeness (QED) is 0.416. The van der Waals surface area contributed by atoms with E-state index in [1.807, 2.05) is 61.0 Å². The van der Waals surface area contributed by atoms with Gasteiger partial charge in [-0.1, -0.05) is 23.4 Å². The van der Waals surface area contributed by atoms with Gasteiger partial charge in [-0.05, 0) is 43.7 Å². The standard InChI is InChI=1S/C22H22N4O3S/c1-4-26-18-10-9-15(11-17(18)24-25-26)13-29-21(27)12-20-14(2)23-22(30-20)16-7-5-6-8-19(16)28-3/h5-11H,4,12-13H2,1-3H3. The molecule has 0 aliphatic heterocycles. The van der Waals surface area contributed by atoms with Crippen molar-refractivity contribution in [3.05, 3.63) is 58.6 Å². The molecule has 4 rings (SSSR count). The van der Waals surface area contributed by atoms with Crippen LogP contribution < -0.4 is 4.74 Å². The van der Waals surface area contributed by atoms with Crippen molar-refractivity contribution in [2.45, 2.75) is 33.4 Å². The molecule has 0 unspecified atom stereocenters. The lowest BCUT2D eigenvalue weighted by molar-refractivity contribution is -0.144. The number of aryl methyl sites for hydroxylation is 2. The Bertz CT molecular complexity index is 1200. The first kappa shape index (κ1) is 20.0. The molecule has 8 heteroatoms. The lowest BCUT2D eigenvalue weighted by atomic mass is 10.2. The van der Waals surface area contributed by atoms with E-state index in [4.69, 9.17) is 9.47 Å². The molecule has 0 spiro atoms. The number of esters is 1. The first-order valence-corrected chi connectivity index (χ1v) is 10.5. The van der Waals surface area contributed by atoms with E-state index in [2.05, 4.69) is 15.3 Å². The number of methoxy groups -OCH3 is 1. The molecule has 0 bridgehead atoms. The van der Waals surface area contributed by atoms with Crippen LogP contribution in [-0.4, -0.2) is 33.1 Å². The van der Waals surface area contributed by atoms with Gasteiger partial charge in [-0.3, -0.25) is 4.79 Å². The van der Waals surface area contributed by atoms with E-state index in [9.17, 15) is 4.79 Å². The molecule has 154 valence electrons. The Morgan fingerprint density at radius 1 is 1.20 bits per heavy atom. The number of benzene rings is 2. The van der Waals surface area contributed by atoms with Gasteiger partial charge < -0.3 is 9.47 Å². The summed E-state index contributed by atoms with van der Waals surface area (Å²) in [5, 5.41) is 9.09. The minimum atomic E-state index is -0.286. The highest BCUT2D eigenvalue weighted by atomic mass is 32.1. The van der Waals surface area contributed by atoms with E-state index < -0.39 is 0 Å². The number of hydrogen-bond acceptors (Lipinski definition) is 7. The minimum absolute atomic E-state index is 0.187. The highest BCUT2D eigenvalue weighted by molar-refractivity contribution is 7.15. The van der Waals surface area contributed by atoms with Gasteiger partial charge in [0.2, 0.25) is 0 Å². The Morgan fingerprint density at radius 2 is 2.03 bits per heavy atom. The number of carbonyl (C=O) groups excluding carboxylic acids is 1. The molecular formula is C22H22N4O3S. The van der Waals surface area contributed by atoms with Crippen LogP contribution in [0.3, 0.4) is 0 Å². The van der Waals surface area contributed by atoms with Gasteiger partial charge in [0.05, 0.1) is 30.3 Å². The molecule has 2 heterocycles. The van der Waals surface area contributed by atoms with Crippen LogP contribution in [0.5, 0.6) is 5.75 Å². The number of rotatable bonds is 7. The molecule has 30 heavy (non-hydrogen) atoms. The number of ether oxygens (including phenoxy) is 2. The zero-order chi connectivity index (χ0) is 21.1. The zero-order valence-corrected chi connectivity index (χ0v) is 17.9. The molecule has 0 radical (unpaired) electrons. The number of fused-ring (bicyclic) bond motifs is 1. The summed E-state index contributed by atoms with van der Waals surface area (Å²) in [7, 11) is 1.64. The van der Waals surface area contributed by atoms with Crippen LogP contribution in [-0.2, 0) is 29.1 Å². The SMILES string of the molecule is CCn1nnc2cc(COC(=O)Cc3sc(-c4ccccc4OC)nc3C)ccc21. The highest BCUT2D eigenvalue weighted by Crippen LogP contribution is 2.34. The lowest BCUT2D eigenvalue weighted by Crippen LogP contribution is -2.07. The maximum atomic E-state index is 12.4. The summed E-state index contributed by atoms with van der Waals surface area (Å²) in [5.41, 5.74) is 4.40. The largest absolute Gasteiger partial charge is 0.496 e. The number of nitrogens with zero attached hydrogens (tertiary/aromatic N) is 4. The summed E-state index contributed by atoms with van der Waals surface area (Å²) in [6.45, 7) is 4.88. The van der Waals surface area contributed by atoms with E-state index in [-0.39, 0.29) is 19.0 Å². The topological polar surface area (TPSA) is 79.1 Å². The molecule has 0 N–H and O–H groups in total. The summed E-state index contributed by atoms with van der Waals surface area (Å²) in [4.78, 5) is 17.9. The Kier molecular flexibility index (Phi) is 5.76. The summed E-state index contributed by atoms with van der Waals surface area (Å²) >= 11 is 1.49. The number of hydrogen-bond donors (Lipinski definition) is 0. The van der Waals surface area contributed by atoms with E-state index >= 15 is 0 Å². The van der Waals surface area contributed by atoms with Gasteiger partial charge >= 0.3 is 5.97 Å². The molecule has 2 aromatic heterocycles. The molecule has 0 saturated heterocycles. The summed E-state index contributed by atoms with van der Waals surface area (Å²) in [5.74, 6) is 0.474. The Labute approximate surface area is 178 Å². The van der Waals surface area contributed by atoms with Crippen LogP contribution in [0.15, 0.2) is 42.5 Å². The molecule has 0 aliphatic rings. The summed E-state index contributed by atoms with van der Waals surface area (Å²) in [6, 6.07) is 13.5. The molecule has 0 fully saturated rings. The van der Waals surface area contributed by atoms with Crippen molar-refractivity contribution in [2.24, 2.45) is 0 Å². The van der Waals surface area contributed by atoms with Crippen LogP contribution in [0.4, 0.5) is 0 Å². The second-order valence-electron chi connectivity index (χ2n) is 6.79. The number of thiazole rings is 1. The number of carbonyl (C=O) groups is 1. The van der Waals surface area contributed by atoms with Gasteiger partial charge in [-0.2, -0.15) is 0 Å². The molecule has 2 aromatic carbocycles. The lowest BCUT2D eigenvalue weighted by Gasteiger charge is -2.05. The van der Waals surface area contributed by atoms with Crippen molar-refractivity contribution in [1.29, 1.82) is 0 Å². The van der Waals surface area contributed by atoms with Crippen LogP contribution in [0.1, 0.15) is 23.1 Å². The molecule has 7 nitrogen and oxygen atoms in total. The van der Waals surface area contributed by atoms with Gasteiger partial charge in [-0.15, -0.1) is 16.4 Å². The first-order chi connectivity index (χ1) is 14.6. The molecular weight excluding hydrogens is 400 g/mol. The molecule has 0 aliphatic carbocycles. The average molecular weight is 423 g/mol. The van der Waals surface area contributed by atoms with Crippen molar-refractivity contribution in [1.82, 2.24) is 20.0 Å². The fourth-order valence-electron chi connectivity index (χ4n) is 3.22. The minimum Gasteiger partial charge on any atom is -0.496 e. The second kappa shape index (κ2) is 8.62. The third kappa shape index (κ3) is 4.04. The average Bonchev–Trinajstić information content (AvgIpc) is 3.34. The van der Waals surface area contributed by atoms with E-state index in [1.54, 1.807) is 7.11 Å². The van der Waals surface area contributed by atoms with E-state index in [1.165, 1.54) is 11.3 Å². The third-order valence-electron chi connectivity index (χ3n) is 4.81. The molecule has 0 saturated carbocycles. The Morgan fingerprint density at radius 3 is 2.83 bits per heavy atom. The Hall–Kier alpha value is -3.26. The van der Waals surface area contributed by atoms with Crippen molar-refractivity contribution < 1.29 is 14.3 Å². The van der Waals surface area contributed by atoms with E-state index in [0.29, 0.717) is 0 Å². The first-order valence-electron chi connectivity index (χ1n) is 9.66. The molecule has 4 aromatic rings. The van der Waals surface area contributed by atoms with Crippen LogP contribution in [0, 0.1) is 6.92 Å². The second-order valence-corrected chi connectivity index (χ2v) is 7.88. The van der Waals surface area contributed by atoms with Gasteiger partial charge in [-0.25, -0.2) is 9.67 Å². The van der Waals surface area contributed by atoms with Crippen LogP contribution >= 0.6 is 11.3 Å². The van der Waals surface area contributed by atoms with E-state index in [0.717, 1.165) is 50.0 Å². The van der Waals surface area contributed by atoms with Crippen LogP contribution in [0.25, 0.3) is 21.6 Å². The summed E-state index contributed by atoms with van der Waals surface area (Å²) in [6.07, 6.45) is 0.187. The molecule has 0 atom stereocenters. The summed E-state index contributed by atoms with van der Waals surface area (Å²) < 4.78 is 12.7. The maximum Gasteiger partial charge on any atom is 0.311 e. The number of para-hydroxylation sites is 1. The van der Waals surface area contributed by atoms with Crippen molar-refractivity contribution in [3.63, 3.8) is 0 Å². The zero-order valence-electron chi connectivity index (χ0n) is 17.1. The van der Waals surface area contributed by atoms with Crippen molar-refractivity contribution in [3.8, 4) is 16.3 Å². The Balaban J connectivity index is 1.42. The van der Waals surface area contributed by atoms with Crippen molar-refractivity contribution in [2.75, 3.05) is 7.11 Å². The fraction of sp³-hybridized carbons (Fsp3) is 0.273. The van der Waals surface area contributed by atoms with Gasteiger partial charge in [0.15, 0.2) is 0 Å². The van der Waals surface area contributed by atoms with Gasteiger partial charge in [0.25, 0.3) is 0 Å². The number of aromatic nitrogens is 4. The van der Waals surface area contributed by atoms with Crippen molar-refractivity contribution >= 4 is 28.3 Å². The maximum absolute atomic E-state index is 12.4. The fourth-order valence-corrected chi connectivity index (χ4v) is 4.29. The molecule has 0 amide bonds. The normalized spacial score (nSPS) is 11.0. The third-order valence-corrected chi connectivity index (χ3v) is 6.00. The van der Waals surface area contributed by atoms with Gasteiger partial charge in [0.1, 0.15) is 22.9 Å². The predicted octanol–water partition coefficient (Wildman–Crippen LogP) is 4.18. The monoisotopic (exact) mass is 422 g/mol.